The van der Waals surface area contributed by atoms with Gasteiger partial charge in [-0.1, -0.05) is 19.0 Å². The molecule has 0 aromatic heterocycles. The highest BCUT2D eigenvalue weighted by atomic mass is 16.7. The quantitative estimate of drug-likeness (QED) is 0.0695. The van der Waals surface area contributed by atoms with E-state index in [1.54, 1.807) is 53.7 Å². The largest absolute Gasteiger partial charge is 0.486 e. The van der Waals surface area contributed by atoms with Crippen LogP contribution in [0.3, 0.4) is 0 Å². The Bertz CT molecular complexity index is 1210. The molecular formula is C29H44N6O6. The molecule has 2 aliphatic rings. The fourth-order valence-corrected chi connectivity index (χ4v) is 4.96. The molecule has 12 heteroatoms. The predicted octanol–water partition coefficient (Wildman–Crippen LogP) is 5.58. The number of hydrogen-bond donors (Lipinski definition) is 3. The van der Waals surface area contributed by atoms with Crippen LogP contribution in [0.1, 0.15) is 86.3 Å². The number of carbonyl (C=O) groups is 2. The van der Waals surface area contributed by atoms with Gasteiger partial charge in [-0.25, -0.2) is 14.4 Å². The third-order valence-corrected chi connectivity index (χ3v) is 7.61. The van der Waals surface area contributed by atoms with Gasteiger partial charge in [0.25, 0.3) is 0 Å². The van der Waals surface area contributed by atoms with Gasteiger partial charge in [0.2, 0.25) is 5.60 Å². The number of rotatable bonds is 8. The van der Waals surface area contributed by atoms with Crippen LogP contribution in [-0.4, -0.2) is 53.4 Å². The van der Waals surface area contributed by atoms with Crippen molar-refractivity contribution in [3.8, 4) is 5.75 Å². The molecule has 0 spiro atoms. The van der Waals surface area contributed by atoms with Crippen LogP contribution in [0.4, 0.5) is 4.79 Å². The maximum absolute atomic E-state index is 13.3. The maximum atomic E-state index is 13.3. The van der Waals surface area contributed by atoms with Gasteiger partial charge in [0.05, 0.1) is 0 Å². The summed E-state index contributed by atoms with van der Waals surface area (Å²) in [5.41, 5.74) is 9.16. The molecule has 12 nitrogen and oxygen atoms in total. The van der Waals surface area contributed by atoms with E-state index in [-0.39, 0.29) is 17.4 Å². The molecule has 0 saturated heterocycles. The lowest BCUT2D eigenvalue weighted by Crippen LogP contribution is -2.59. The Morgan fingerprint density at radius 3 is 2.39 bits per heavy atom. The molecule has 1 aromatic rings. The van der Waals surface area contributed by atoms with Crippen molar-refractivity contribution in [2.24, 2.45) is 16.4 Å². The summed E-state index contributed by atoms with van der Waals surface area (Å²) in [4.78, 5) is 34.2. The van der Waals surface area contributed by atoms with Crippen LogP contribution in [0.25, 0.3) is 10.4 Å². The highest BCUT2D eigenvalue weighted by Gasteiger charge is 2.50. The zero-order chi connectivity index (χ0) is 30.8. The van der Waals surface area contributed by atoms with Crippen LogP contribution in [0, 0.1) is 16.7 Å². The molecule has 3 rings (SSSR count). The fourth-order valence-electron chi connectivity index (χ4n) is 4.96. The van der Waals surface area contributed by atoms with E-state index in [9.17, 15) is 9.59 Å². The first-order valence-corrected chi connectivity index (χ1v) is 13.9. The molecule has 226 valence electrons. The van der Waals surface area contributed by atoms with E-state index in [0.29, 0.717) is 31.0 Å². The number of nitrogens with one attached hydrogen (secondary N) is 3. The monoisotopic (exact) mass is 572 g/mol. The summed E-state index contributed by atoms with van der Waals surface area (Å²) in [6, 6.07) is 5.58. The number of azide groups is 1. The van der Waals surface area contributed by atoms with E-state index < -0.39 is 35.0 Å². The summed E-state index contributed by atoms with van der Waals surface area (Å²) in [5.74, 6) is 0.452. The van der Waals surface area contributed by atoms with Crippen molar-refractivity contribution in [3.05, 3.63) is 39.8 Å². The molecule has 41 heavy (non-hydrogen) atoms. The zero-order valence-corrected chi connectivity index (χ0v) is 25.6. The second-order valence-corrected chi connectivity index (χ2v) is 13.5. The summed E-state index contributed by atoms with van der Waals surface area (Å²) < 4.78 is 17.1. The third kappa shape index (κ3) is 7.83. The topological polar surface area (TPSA) is 168 Å². The van der Waals surface area contributed by atoms with E-state index in [4.69, 9.17) is 30.0 Å². The van der Waals surface area contributed by atoms with Crippen LogP contribution in [0.2, 0.25) is 0 Å². The van der Waals surface area contributed by atoms with Gasteiger partial charge in [-0.2, -0.15) is 5.48 Å². The molecule has 1 saturated carbocycles. The lowest BCUT2D eigenvalue weighted by molar-refractivity contribution is -0.205. The maximum Gasteiger partial charge on any atom is 0.431 e. The van der Waals surface area contributed by atoms with Crippen LogP contribution in [-0.2, 0) is 25.5 Å². The van der Waals surface area contributed by atoms with Crippen molar-refractivity contribution in [1.29, 1.82) is 5.41 Å². The number of amidine groups is 1. The molecule has 1 heterocycles. The Balaban J connectivity index is 1.73. The number of ether oxygens (including phenoxy) is 3. The van der Waals surface area contributed by atoms with Gasteiger partial charge < -0.3 is 19.5 Å². The van der Waals surface area contributed by atoms with E-state index in [1.165, 1.54) is 6.92 Å². The van der Waals surface area contributed by atoms with Crippen LogP contribution < -0.4 is 15.5 Å². The SMILES string of the molecule is CC(C)(C)OC(=O)NO[C@](C)(C(=O)OC(C)(C)C)[C@H]1CCc2cc(C(=N)N[C@@H]3C[C@H](CN=[N+]=[N-])C3(C)C)ccc2O1. The number of aryl methyl sites for hydroxylation is 1. The number of carbonyl (C=O) groups excluding carboxylic acids is 2. The summed E-state index contributed by atoms with van der Waals surface area (Å²) in [5, 5.41) is 15.7. The number of fused-ring (bicyclic) bond motifs is 1. The Morgan fingerprint density at radius 1 is 1.15 bits per heavy atom. The zero-order valence-electron chi connectivity index (χ0n) is 25.6. The predicted molar refractivity (Wildman–Crippen MR) is 154 cm³/mol. The molecular weight excluding hydrogens is 528 g/mol. The average molecular weight is 573 g/mol. The molecule has 0 radical (unpaired) electrons. The average Bonchev–Trinajstić information content (AvgIpc) is 2.86. The first-order valence-electron chi connectivity index (χ1n) is 13.9. The fraction of sp³-hybridized carbons (Fsp3) is 0.690. The second kappa shape index (κ2) is 11.8. The number of esters is 1. The van der Waals surface area contributed by atoms with Crippen molar-refractivity contribution >= 4 is 17.9 Å². The van der Waals surface area contributed by atoms with Gasteiger partial charge in [0.15, 0.2) is 0 Å². The highest BCUT2D eigenvalue weighted by Crippen LogP contribution is 2.46. The molecule has 1 aromatic carbocycles. The highest BCUT2D eigenvalue weighted by molar-refractivity contribution is 5.97. The minimum atomic E-state index is -1.67. The van der Waals surface area contributed by atoms with Gasteiger partial charge in [0.1, 0.15) is 28.9 Å². The number of nitrogens with zero attached hydrogens (tertiary/aromatic N) is 3. The summed E-state index contributed by atoms with van der Waals surface area (Å²) in [6.45, 7) is 16.6. The molecule has 1 amide bonds. The van der Waals surface area contributed by atoms with Crippen LogP contribution >= 0.6 is 0 Å². The Labute approximate surface area is 241 Å². The number of hydrogen-bond acceptors (Lipinski definition) is 8. The Kier molecular flexibility index (Phi) is 9.20. The summed E-state index contributed by atoms with van der Waals surface area (Å²) >= 11 is 0. The second-order valence-electron chi connectivity index (χ2n) is 13.5. The van der Waals surface area contributed by atoms with E-state index in [1.807, 2.05) is 6.07 Å². The molecule has 0 unspecified atom stereocenters. The van der Waals surface area contributed by atoms with E-state index in [0.717, 1.165) is 17.5 Å². The number of amides is 1. The molecule has 1 aliphatic carbocycles. The van der Waals surface area contributed by atoms with Crippen LogP contribution in [0.5, 0.6) is 5.75 Å². The van der Waals surface area contributed by atoms with Crippen molar-refractivity contribution in [1.82, 2.24) is 10.8 Å². The van der Waals surface area contributed by atoms with Crippen LogP contribution in [0.15, 0.2) is 23.3 Å². The summed E-state index contributed by atoms with van der Waals surface area (Å²) in [7, 11) is 0. The number of benzene rings is 1. The first-order chi connectivity index (χ1) is 18.9. The lowest BCUT2D eigenvalue weighted by atomic mass is 9.58. The molecule has 4 atom stereocenters. The van der Waals surface area contributed by atoms with Gasteiger partial charge in [-0.3, -0.25) is 5.41 Å². The normalized spacial score (nSPS) is 22.8. The van der Waals surface area contributed by atoms with Gasteiger partial charge in [-0.15, -0.1) is 0 Å². The Hall–Kier alpha value is -3.50. The van der Waals surface area contributed by atoms with E-state index in [2.05, 4.69) is 34.7 Å². The minimum absolute atomic E-state index is 0.0923. The van der Waals surface area contributed by atoms with Gasteiger partial charge in [0, 0.05) is 23.1 Å². The van der Waals surface area contributed by atoms with Crippen molar-refractivity contribution in [2.45, 2.75) is 111 Å². The molecule has 3 N–H and O–H groups in total. The van der Waals surface area contributed by atoms with Gasteiger partial charge >= 0.3 is 12.1 Å². The standard InChI is InChI=1S/C29H44N6O6/c1-26(2,3)39-24(36)29(9,41-34-25(37)40-27(4,5)6)22-13-11-17-14-18(10-12-20(17)38-22)23(30)33-21-15-19(16-32-35-31)28(21,7)8/h10,12,14,19,21-22H,11,13,15-16H2,1-9H3,(H2,30,33)(H,34,37)/t19-,21-,22-,29+/m1/s1. The smallest absolute Gasteiger partial charge is 0.431 e. The van der Waals surface area contributed by atoms with E-state index >= 15 is 0 Å². The Morgan fingerprint density at radius 2 is 1.80 bits per heavy atom. The minimum Gasteiger partial charge on any atom is -0.486 e. The van der Waals surface area contributed by atoms with Crippen molar-refractivity contribution in [2.75, 3.05) is 6.54 Å². The van der Waals surface area contributed by atoms with Crippen molar-refractivity contribution in [3.63, 3.8) is 0 Å². The third-order valence-electron chi connectivity index (χ3n) is 7.61. The lowest BCUT2D eigenvalue weighted by Gasteiger charge is -2.52. The molecule has 0 bridgehead atoms. The summed E-state index contributed by atoms with van der Waals surface area (Å²) in [6.07, 6.45) is 0.174. The molecule has 1 fully saturated rings. The van der Waals surface area contributed by atoms with Crippen molar-refractivity contribution < 1.29 is 28.6 Å². The van der Waals surface area contributed by atoms with Gasteiger partial charge in [-0.05, 0) is 108 Å². The first kappa shape index (κ1) is 32.0. The number of hydroxylamine groups is 1. The molecule has 1 aliphatic heterocycles.